The highest BCUT2D eigenvalue weighted by Crippen LogP contribution is 2.17. The van der Waals surface area contributed by atoms with Gasteiger partial charge in [-0.2, -0.15) is 0 Å². The molecular weight excluding hydrogens is 290 g/mol. The van der Waals surface area contributed by atoms with E-state index >= 15 is 0 Å². The molecule has 1 fully saturated rings. The first-order valence-corrected chi connectivity index (χ1v) is 8.66. The largest absolute Gasteiger partial charge is 0.354 e. The highest BCUT2D eigenvalue weighted by atomic mass is 16.1. The molecule has 2 rings (SSSR count). The summed E-state index contributed by atoms with van der Waals surface area (Å²) in [5.41, 5.74) is 0.535. The lowest BCUT2D eigenvalue weighted by atomic mass is 10.1. The van der Waals surface area contributed by atoms with Crippen molar-refractivity contribution in [1.82, 2.24) is 20.2 Å². The molecule has 0 saturated heterocycles. The van der Waals surface area contributed by atoms with Crippen LogP contribution in [0.5, 0.6) is 0 Å². The third-order valence-electron chi connectivity index (χ3n) is 4.17. The molecule has 2 N–H and O–H groups in total. The highest BCUT2D eigenvalue weighted by Gasteiger charge is 2.16. The summed E-state index contributed by atoms with van der Waals surface area (Å²) in [6.07, 6.45) is 11.4. The molecule has 1 saturated carbocycles. The number of hydrogen-bond donors (Lipinski definition) is 2. The molecule has 0 aliphatic heterocycles. The van der Waals surface area contributed by atoms with Crippen LogP contribution in [0.4, 0.5) is 5.95 Å². The molecule has 1 aliphatic rings. The van der Waals surface area contributed by atoms with Crippen LogP contribution in [0.3, 0.4) is 0 Å². The van der Waals surface area contributed by atoms with E-state index in [4.69, 9.17) is 0 Å². The summed E-state index contributed by atoms with van der Waals surface area (Å²) in [5, 5.41) is 6.29. The summed E-state index contributed by atoms with van der Waals surface area (Å²) in [6, 6.07) is 0.300. The van der Waals surface area contributed by atoms with Gasteiger partial charge >= 0.3 is 0 Å². The molecule has 6 heteroatoms. The molecule has 0 spiro atoms. The molecule has 1 aliphatic carbocycles. The third kappa shape index (κ3) is 6.52. The van der Waals surface area contributed by atoms with E-state index in [2.05, 4.69) is 39.6 Å². The molecule has 0 bridgehead atoms. The van der Waals surface area contributed by atoms with Gasteiger partial charge in [-0.05, 0) is 39.9 Å². The Labute approximate surface area is 139 Å². The zero-order chi connectivity index (χ0) is 16.5. The Morgan fingerprint density at radius 1 is 1.17 bits per heavy atom. The molecular formula is C17H29N5O. The number of carbonyl (C=O) groups excluding carboxylic acids is 1. The maximum absolute atomic E-state index is 12.3. The monoisotopic (exact) mass is 319 g/mol. The van der Waals surface area contributed by atoms with Crippen LogP contribution in [-0.2, 0) is 0 Å². The molecule has 6 nitrogen and oxygen atoms in total. The Morgan fingerprint density at radius 3 is 2.43 bits per heavy atom. The second kappa shape index (κ2) is 9.45. The Balaban J connectivity index is 1.77. The van der Waals surface area contributed by atoms with Crippen molar-refractivity contribution in [3.05, 3.63) is 18.0 Å². The number of amides is 1. The topological polar surface area (TPSA) is 70.2 Å². The summed E-state index contributed by atoms with van der Waals surface area (Å²) in [6.45, 7) is 1.85. The van der Waals surface area contributed by atoms with Gasteiger partial charge in [0.05, 0.1) is 5.56 Å². The Morgan fingerprint density at radius 2 is 1.83 bits per heavy atom. The van der Waals surface area contributed by atoms with Crippen LogP contribution >= 0.6 is 0 Å². The minimum Gasteiger partial charge on any atom is -0.354 e. The summed E-state index contributed by atoms with van der Waals surface area (Å²) < 4.78 is 0. The highest BCUT2D eigenvalue weighted by molar-refractivity contribution is 5.93. The quantitative estimate of drug-likeness (QED) is 0.596. The van der Waals surface area contributed by atoms with E-state index in [1.165, 1.54) is 25.7 Å². The predicted octanol–water partition coefficient (Wildman–Crippen LogP) is 2.29. The smallest absolute Gasteiger partial charge is 0.254 e. The van der Waals surface area contributed by atoms with Crippen LogP contribution in [0, 0.1) is 0 Å². The van der Waals surface area contributed by atoms with Crippen molar-refractivity contribution in [2.75, 3.05) is 32.5 Å². The lowest BCUT2D eigenvalue weighted by Crippen LogP contribution is -2.34. The van der Waals surface area contributed by atoms with Gasteiger partial charge in [-0.25, -0.2) is 9.97 Å². The lowest BCUT2D eigenvalue weighted by molar-refractivity contribution is 0.0932. The molecule has 1 aromatic heterocycles. The summed E-state index contributed by atoms with van der Waals surface area (Å²) in [5.74, 6) is 0.519. The summed E-state index contributed by atoms with van der Waals surface area (Å²) in [4.78, 5) is 22.9. The molecule has 1 amide bonds. The lowest BCUT2D eigenvalue weighted by Gasteiger charge is -2.16. The molecule has 0 aromatic carbocycles. The predicted molar refractivity (Wildman–Crippen MR) is 92.6 cm³/mol. The van der Waals surface area contributed by atoms with Gasteiger partial charge in [-0.1, -0.05) is 25.7 Å². The molecule has 1 aromatic rings. The number of rotatable bonds is 7. The van der Waals surface area contributed by atoms with Crippen molar-refractivity contribution in [2.24, 2.45) is 0 Å². The number of hydrogen-bond acceptors (Lipinski definition) is 5. The van der Waals surface area contributed by atoms with Gasteiger partial charge in [-0.3, -0.25) is 4.79 Å². The van der Waals surface area contributed by atoms with Crippen LogP contribution in [0.2, 0.25) is 0 Å². The second-order valence-electron chi connectivity index (χ2n) is 6.54. The van der Waals surface area contributed by atoms with E-state index in [9.17, 15) is 4.79 Å². The van der Waals surface area contributed by atoms with Gasteiger partial charge in [0.15, 0.2) is 0 Å². The second-order valence-corrected chi connectivity index (χ2v) is 6.54. The third-order valence-corrected chi connectivity index (χ3v) is 4.17. The molecule has 0 radical (unpaired) electrons. The Bertz CT molecular complexity index is 466. The van der Waals surface area contributed by atoms with Gasteiger partial charge in [0.25, 0.3) is 5.91 Å². The van der Waals surface area contributed by atoms with Crippen molar-refractivity contribution in [3.63, 3.8) is 0 Å². The van der Waals surface area contributed by atoms with Gasteiger partial charge in [0.2, 0.25) is 5.95 Å². The van der Waals surface area contributed by atoms with Crippen LogP contribution in [0.15, 0.2) is 12.4 Å². The average Bonchev–Trinajstić information content (AvgIpc) is 2.80. The van der Waals surface area contributed by atoms with Gasteiger partial charge in [0, 0.05) is 25.0 Å². The van der Waals surface area contributed by atoms with E-state index in [1.54, 1.807) is 12.4 Å². The summed E-state index contributed by atoms with van der Waals surface area (Å²) >= 11 is 0. The summed E-state index contributed by atoms with van der Waals surface area (Å²) in [7, 11) is 4.11. The van der Waals surface area contributed by atoms with Crippen molar-refractivity contribution < 1.29 is 4.79 Å². The van der Waals surface area contributed by atoms with Gasteiger partial charge in [-0.15, -0.1) is 0 Å². The average molecular weight is 319 g/mol. The van der Waals surface area contributed by atoms with Crippen molar-refractivity contribution in [1.29, 1.82) is 0 Å². The Kier molecular flexibility index (Phi) is 7.26. The van der Waals surface area contributed by atoms with Crippen molar-refractivity contribution in [2.45, 2.75) is 51.0 Å². The normalized spacial score (nSPS) is 16.1. The first kappa shape index (κ1) is 17.7. The zero-order valence-corrected chi connectivity index (χ0v) is 14.3. The van der Waals surface area contributed by atoms with Crippen LogP contribution < -0.4 is 10.6 Å². The van der Waals surface area contributed by atoms with Gasteiger partial charge < -0.3 is 15.5 Å². The standard InChI is InChI=1S/C17H29N5O/c1-22(2)11-7-10-18-17-19-12-14(13-20-17)16(23)21-15-8-5-3-4-6-9-15/h12-13,15H,3-11H2,1-2H3,(H,21,23)(H,18,19,20). The van der Waals surface area contributed by atoms with Gasteiger partial charge in [0.1, 0.15) is 0 Å². The maximum atomic E-state index is 12.3. The number of carbonyl (C=O) groups is 1. The minimum atomic E-state index is -0.0592. The molecule has 0 atom stereocenters. The first-order chi connectivity index (χ1) is 11.1. The van der Waals surface area contributed by atoms with Crippen LogP contribution in [0.25, 0.3) is 0 Å². The Hall–Kier alpha value is -1.69. The number of nitrogens with zero attached hydrogens (tertiary/aromatic N) is 3. The van der Waals surface area contributed by atoms with Crippen LogP contribution in [0.1, 0.15) is 55.3 Å². The first-order valence-electron chi connectivity index (χ1n) is 8.66. The van der Waals surface area contributed by atoms with E-state index in [1.807, 2.05) is 0 Å². The SMILES string of the molecule is CN(C)CCCNc1ncc(C(=O)NC2CCCCCC2)cn1. The van der Waals surface area contributed by atoms with Crippen molar-refractivity contribution >= 4 is 11.9 Å². The van der Waals surface area contributed by atoms with Crippen molar-refractivity contribution in [3.8, 4) is 0 Å². The zero-order valence-electron chi connectivity index (χ0n) is 14.3. The number of nitrogens with one attached hydrogen (secondary N) is 2. The van der Waals surface area contributed by atoms with Crippen LogP contribution in [-0.4, -0.2) is 54.0 Å². The fourth-order valence-corrected chi connectivity index (χ4v) is 2.82. The molecule has 128 valence electrons. The van der Waals surface area contributed by atoms with E-state index < -0.39 is 0 Å². The van der Waals surface area contributed by atoms with E-state index in [0.29, 0.717) is 17.6 Å². The fraction of sp³-hybridized carbons (Fsp3) is 0.706. The van der Waals surface area contributed by atoms with E-state index in [0.717, 1.165) is 32.4 Å². The maximum Gasteiger partial charge on any atom is 0.254 e. The molecule has 1 heterocycles. The molecule has 23 heavy (non-hydrogen) atoms. The fourth-order valence-electron chi connectivity index (χ4n) is 2.82. The minimum absolute atomic E-state index is 0.0592. The number of aromatic nitrogens is 2. The van der Waals surface area contributed by atoms with E-state index in [-0.39, 0.29) is 5.91 Å². The number of anilines is 1. The molecule has 0 unspecified atom stereocenters.